The number of piperidine rings is 1. The molecule has 0 amide bonds. The van der Waals surface area contributed by atoms with Crippen molar-refractivity contribution in [3.8, 4) is 6.07 Å². The van der Waals surface area contributed by atoms with Gasteiger partial charge in [-0.3, -0.25) is 0 Å². The fourth-order valence-electron chi connectivity index (χ4n) is 6.15. The summed E-state index contributed by atoms with van der Waals surface area (Å²) in [6.45, 7) is 5.55. The van der Waals surface area contributed by atoms with Crippen LogP contribution in [0.1, 0.15) is 64.3 Å². The van der Waals surface area contributed by atoms with Gasteiger partial charge in [-0.15, -0.1) is 0 Å². The SMILES string of the molecule is CNC(C[C@@H]1N(c2ccc(C#N)cn2)CCC12CCNCC2)c1ccc2c(c1C)COC2=O. The molecule has 3 aliphatic rings. The lowest BCUT2D eigenvalue weighted by Gasteiger charge is -2.43. The van der Waals surface area contributed by atoms with Crippen LogP contribution in [0.25, 0.3) is 0 Å². The van der Waals surface area contributed by atoms with Crippen LogP contribution in [0.15, 0.2) is 30.5 Å². The second kappa shape index (κ2) is 8.77. The average molecular weight is 446 g/mol. The zero-order chi connectivity index (χ0) is 23.0. The summed E-state index contributed by atoms with van der Waals surface area (Å²) in [4.78, 5) is 19.1. The summed E-state index contributed by atoms with van der Waals surface area (Å²) in [6, 6.07) is 10.5. The first-order valence-electron chi connectivity index (χ1n) is 11.9. The van der Waals surface area contributed by atoms with Crippen LogP contribution in [0.4, 0.5) is 5.82 Å². The van der Waals surface area contributed by atoms with E-state index in [4.69, 9.17) is 4.74 Å². The van der Waals surface area contributed by atoms with E-state index in [1.54, 1.807) is 6.20 Å². The van der Waals surface area contributed by atoms with E-state index in [0.29, 0.717) is 23.8 Å². The van der Waals surface area contributed by atoms with Crippen LogP contribution in [0.5, 0.6) is 0 Å². The number of cyclic esters (lactones) is 1. The molecule has 172 valence electrons. The maximum absolute atomic E-state index is 12.0. The highest BCUT2D eigenvalue weighted by Gasteiger charge is 2.48. The molecule has 1 spiro atoms. The van der Waals surface area contributed by atoms with Gasteiger partial charge in [0.1, 0.15) is 18.5 Å². The van der Waals surface area contributed by atoms with Gasteiger partial charge in [-0.2, -0.15) is 5.26 Å². The molecule has 2 aromatic rings. The molecule has 0 aliphatic carbocycles. The van der Waals surface area contributed by atoms with Crippen LogP contribution in [0, 0.1) is 23.7 Å². The number of hydrogen-bond acceptors (Lipinski definition) is 7. The Morgan fingerprint density at radius 2 is 2.12 bits per heavy atom. The van der Waals surface area contributed by atoms with E-state index in [-0.39, 0.29) is 17.4 Å². The zero-order valence-electron chi connectivity index (χ0n) is 19.4. The molecule has 0 bridgehead atoms. The van der Waals surface area contributed by atoms with Crippen molar-refractivity contribution in [2.45, 2.75) is 51.3 Å². The number of hydrogen-bond donors (Lipinski definition) is 2. The number of nitrogens with one attached hydrogen (secondary N) is 2. The fourth-order valence-corrected chi connectivity index (χ4v) is 6.15. The Morgan fingerprint density at radius 3 is 2.82 bits per heavy atom. The van der Waals surface area contributed by atoms with Gasteiger partial charge in [0.15, 0.2) is 0 Å². The van der Waals surface area contributed by atoms with E-state index in [1.165, 1.54) is 5.56 Å². The maximum atomic E-state index is 12.0. The number of anilines is 1. The summed E-state index contributed by atoms with van der Waals surface area (Å²) in [5.74, 6) is 0.733. The van der Waals surface area contributed by atoms with Gasteiger partial charge in [0.25, 0.3) is 0 Å². The van der Waals surface area contributed by atoms with Crippen LogP contribution in [-0.4, -0.2) is 43.7 Å². The molecule has 4 heterocycles. The minimum atomic E-state index is -0.219. The minimum Gasteiger partial charge on any atom is -0.457 e. The van der Waals surface area contributed by atoms with Crippen molar-refractivity contribution >= 4 is 11.8 Å². The fraction of sp³-hybridized carbons (Fsp3) is 0.500. The number of aromatic nitrogens is 1. The lowest BCUT2D eigenvalue weighted by Crippen LogP contribution is -2.47. The Morgan fingerprint density at radius 1 is 1.30 bits per heavy atom. The second-order valence-electron chi connectivity index (χ2n) is 9.55. The molecule has 1 unspecified atom stereocenters. The van der Waals surface area contributed by atoms with E-state index in [1.807, 2.05) is 25.2 Å². The van der Waals surface area contributed by atoms with Crippen molar-refractivity contribution in [1.29, 1.82) is 5.26 Å². The van der Waals surface area contributed by atoms with E-state index < -0.39 is 0 Å². The van der Waals surface area contributed by atoms with Gasteiger partial charge in [0.2, 0.25) is 0 Å². The molecule has 1 aromatic carbocycles. The van der Waals surface area contributed by atoms with Gasteiger partial charge in [-0.1, -0.05) is 6.07 Å². The topological polar surface area (TPSA) is 90.3 Å². The smallest absolute Gasteiger partial charge is 0.338 e. The molecule has 2 saturated heterocycles. The first-order valence-corrected chi connectivity index (χ1v) is 11.9. The molecule has 0 saturated carbocycles. The lowest BCUT2D eigenvalue weighted by atomic mass is 9.70. The van der Waals surface area contributed by atoms with Gasteiger partial charge >= 0.3 is 5.97 Å². The van der Waals surface area contributed by atoms with Crippen LogP contribution in [0.3, 0.4) is 0 Å². The van der Waals surface area contributed by atoms with Gasteiger partial charge in [-0.25, -0.2) is 9.78 Å². The maximum Gasteiger partial charge on any atom is 0.338 e. The highest BCUT2D eigenvalue weighted by atomic mass is 16.5. The number of nitriles is 1. The third kappa shape index (κ3) is 3.77. The predicted octanol–water partition coefficient (Wildman–Crippen LogP) is 3.23. The molecule has 0 radical (unpaired) electrons. The first kappa shape index (κ1) is 21.9. The Balaban J connectivity index is 1.49. The Kier molecular flexibility index (Phi) is 5.81. The number of rotatable bonds is 5. The van der Waals surface area contributed by atoms with E-state index in [0.717, 1.165) is 62.3 Å². The molecular formula is C26H31N5O2. The standard InChI is InChI=1S/C26H31N5O2/c1-17-19(4-5-20-21(17)16-33-25(20)32)22(28-2)13-23-26(7-10-29-11-8-26)9-12-31(23)24-6-3-18(14-27)15-30-24/h3-6,15,22-23,28-29H,7-13,16H2,1-2H3/t22?,23-/m0/s1. The third-order valence-electron chi connectivity index (χ3n) is 8.09. The van der Waals surface area contributed by atoms with Crippen LogP contribution < -0.4 is 15.5 Å². The Hall–Kier alpha value is -2.95. The summed E-state index contributed by atoms with van der Waals surface area (Å²) >= 11 is 0. The summed E-state index contributed by atoms with van der Waals surface area (Å²) < 4.78 is 5.28. The Labute approximate surface area is 195 Å². The largest absolute Gasteiger partial charge is 0.457 e. The van der Waals surface area contributed by atoms with Crippen molar-refractivity contribution in [1.82, 2.24) is 15.6 Å². The highest BCUT2D eigenvalue weighted by molar-refractivity contribution is 5.94. The van der Waals surface area contributed by atoms with Crippen molar-refractivity contribution in [2.24, 2.45) is 5.41 Å². The number of pyridine rings is 1. The van der Waals surface area contributed by atoms with Gasteiger partial charge < -0.3 is 20.3 Å². The predicted molar refractivity (Wildman–Crippen MR) is 126 cm³/mol. The highest BCUT2D eigenvalue weighted by Crippen LogP contribution is 2.48. The zero-order valence-corrected chi connectivity index (χ0v) is 19.4. The van der Waals surface area contributed by atoms with Gasteiger partial charge in [-0.05, 0) is 87.5 Å². The molecule has 2 atom stereocenters. The molecular weight excluding hydrogens is 414 g/mol. The van der Waals surface area contributed by atoms with Crippen LogP contribution in [0.2, 0.25) is 0 Å². The average Bonchev–Trinajstić information content (AvgIpc) is 3.39. The molecule has 33 heavy (non-hydrogen) atoms. The number of benzene rings is 1. The van der Waals surface area contributed by atoms with Crippen molar-refractivity contribution in [3.05, 3.63) is 58.3 Å². The minimum absolute atomic E-state index is 0.154. The molecule has 7 heteroatoms. The summed E-state index contributed by atoms with van der Waals surface area (Å²) in [5, 5.41) is 16.3. The molecule has 5 rings (SSSR count). The van der Waals surface area contributed by atoms with Gasteiger partial charge in [0.05, 0.1) is 11.1 Å². The van der Waals surface area contributed by atoms with E-state index >= 15 is 0 Å². The normalized spacial score (nSPS) is 22.2. The molecule has 1 aromatic heterocycles. The molecule has 7 nitrogen and oxygen atoms in total. The third-order valence-corrected chi connectivity index (χ3v) is 8.09. The van der Waals surface area contributed by atoms with Gasteiger partial charge in [0, 0.05) is 30.4 Å². The molecule has 3 aliphatic heterocycles. The quantitative estimate of drug-likeness (QED) is 0.683. The number of esters is 1. The molecule has 2 N–H and O–H groups in total. The second-order valence-corrected chi connectivity index (χ2v) is 9.55. The number of carbonyl (C=O) groups is 1. The molecule has 2 fully saturated rings. The van der Waals surface area contributed by atoms with Crippen molar-refractivity contribution in [3.63, 3.8) is 0 Å². The lowest BCUT2D eigenvalue weighted by molar-refractivity contribution is 0.0535. The monoisotopic (exact) mass is 445 g/mol. The summed E-state index contributed by atoms with van der Waals surface area (Å²) in [7, 11) is 2.02. The van der Waals surface area contributed by atoms with Crippen LogP contribution >= 0.6 is 0 Å². The first-order chi connectivity index (χ1) is 16.1. The summed E-state index contributed by atoms with van der Waals surface area (Å²) in [5.41, 5.74) is 4.94. The van der Waals surface area contributed by atoms with Crippen molar-refractivity contribution < 1.29 is 9.53 Å². The number of nitrogens with zero attached hydrogens (tertiary/aromatic N) is 3. The summed E-state index contributed by atoms with van der Waals surface area (Å²) in [6.07, 6.45) is 6.10. The van der Waals surface area contributed by atoms with E-state index in [2.05, 4.69) is 39.6 Å². The van der Waals surface area contributed by atoms with Crippen LogP contribution in [-0.2, 0) is 11.3 Å². The number of fused-ring (bicyclic) bond motifs is 1. The van der Waals surface area contributed by atoms with E-state index in [9.17, 15) is 10.1 Å². The Bertz CT molecular complexity index is 1090. The number of carbonyl (C=O) groups excluding carboxylic acids is 1. The number of ether oxygens (including phenoxy) is 1. The van der Waals surface area contributed by atoms with Crippen molar-refractivity contribution in [2.75, 3.05) is 31.6 Å².